The molecule has 1 atom stereocenters. The molecule has 0 aliphatic carbocycles. The first-order chi connectivity index (χ1) is 11.7. The van der Waals surface area contributed by atoms with Crippen molar-refractivity contribution in [3.8, 4) is 11.8 Å². The highest BCUT2D eigenvalue weighted by Crippen LogP contribution is 2.21. The van der Waals surface area contributed by atoms with Crippen LogP contribution in [-0.4, -0.2) is 12.5 Å². The summed E-state index contributed by atoms with van der Waals surface area (Å²) in [6.45, 7) is 4.29. The molecule has 0 radical (unpaired) electrons. The largest absolute Gasteiger partial charge is 0.493 e. The molecule has 0 aliphatic rings. The van der Waals surface area contributed by atoms with E-state index in [1.165, 1.54) is 0 Å². The SMILES string of the molecule is CCOc1ccccc1/C=C(\C#N)C(=O)NC(C)c1ccccc1. The van der Waals surface area contributed by atoms with Gasteiger partial charge in [-0.15, -0.1) is 0 Å². The Bertz CT molecular complexity index is 761. The molecule has 0 fully saturated rings. The summed E-state index contributed by atoms with van der Waals surface area (Å²) < 4.78 is 5.53. The van der Waals surface area contributed by atoms with Gasteiger partial charge in [-0.2, -0.15) is 5.26 Å². The highest BCUT2D eigenvalue weighted by molar-refractivity contribution is 6.02. The summed E-state index contributed by atoms with van der Waals surface area (Å²) in [5.41, 5.74) is 1.74. The van der Waals surface area contributed by atoms with Crippen LogP contribution < -0.4 is 10.1 Å². The Balaban J connectivity index is 2.19. The van der Waals surface area contributed by atoms with Crippen LogP contribution in [0.25, 0.3) is 6.08 Å². The molecule has 1 N–H and O–H groups in total. The first-order valence-corrected chi connectivity index (χ1v) is 7.85. The lowest BCUT2D eigenvalue weighted by molar-refractivity contribution is -0.117. The minimum atomic E-state index is -0.403. The van der Waals surface area contributed by atoms with Crippen LogP contribution in [-0.2, 0) is 4.79 Å². The second kappa shape index (κ2) is 8.54. The number of nitrogens with one attached hydrogen (secondary N) is 1. The number of carbonyl (C=O) groups is 1. The van der Waals surface area contributed by atoms with Gasteiger partial charge in [0.05, 0.1) is 12.6 Å². The van der Waals surface area contributed by atoms with E-state index in [0.29, 0.717) is 17.9 Å². The van der Waals surface area contributed by atoms with Crippen LogP contribution in [0, 0.1) is 11.3 Å². The molecular formula is C20H20N2O2. The Morgan fingerprint density at radius 1 is 1.21 bits per heavy atom. The van der Waals surface area contributed by atoms with Gasteiger partial charge < -0.3 is 10.1 Å². The van der Waals surface area contributed by atoms with Crippen molar-refractivity contribution >= 4 is 12.0 Å². The lowest BCUT2D eigenvalue weighted by Gasteiger charge is -2.14. The van der Waals surface area contributed by atoms with E-state index in [4.69, 9.17) is 4.74 Å². The number of rotatable bonds is 6. The number of ether oxygens (including phenoxy) is 1. The number of carbonyl (C=O) groups excluding carboxylic acids is 1. The normalized spacial score (nSPS) is 12.1. The van der Waals surface area contributed by atoms with Gasteiger partial charge in [-0.3, -0.25) is 4.79 Å². The van der Waals surface area contributed by atoms with Gasteiger partial charge in [0.2, 0.25) is 0 Å². The van der Waals surface area contributed by atoms with Gasteiger partial charge in [0.1, 0.15) is 17.4 Å². The molecule has 1 unspecified atom stereocenters. The topological polar surface area (TPSA) is 62.1 Å². The van der Waals surface area contributed by atoms with Crippen molar-refractivity contribution in [2.24, 2.45) is 0 Å². The fourth-order valence-corrected chi connectivity index (χ4v) is 2.29. The lowest BCUT2D eigenvalue weighted by atomic mass is 10.1. The standard InChI is InChI=1S/C20H20N2O2/c1-3-24-19-12-8-7-11-17(19)13-18(14-21)20(23)22-15(2)16-9-5-4-6-10-16/h4-13,15H,3H2,1-2H3,(H,22,23)/b18-13+. The number of para-hydroxylation sites is 1. The van der Waals surface area contributed by atoms with Gasteiger partial charge in [0, 0.05) is 5.56 Å². The molecule has 0 heterocycles. The maximum atomic E-state index is 12.4. The molecule has 2 aromatic rings. The van der Waals surface area contributed by atoms with Crippen LogP contribution in [0.15, 0.2) is 60.2 Å². The molecule has 0 aliphatic heterocycles. The van der Waals surface area contributed by atoms with E-state index >= 15 is 0 Å². The molecule has 0 saturated heterocycles. The molecule has 2 aromatic carbocycles. The molecule has 4 nitrogen and oxygen atoms in total. The van der Waals surface area contributed by atoms with Crippen LogP contribution in [0.1, 0.15) is 31.0 Å². The zero-order chi connectivity index (χ0) is 17.4. The monoisotopic (exact) mass is 320 g/mol. The molecule has 0 saturated carbocycles. The predicted molar refractivity (Wildman–Crippen MR) is 94.2 cm³/mol. The third-order valence-corrected chi connectivity index (χ3v) is 3.53. The number of amides is 1. The van der Waals surface area contributed by atoms with Crippen LogP contribution in [0.4, 0.5) is 0 Å². The highest BCUT2D eigenvalue weighted by Gasteiger charge is 2.14. The van der Waals surface area contributed by atoms with Crippen molar-refractivity contribution in [3.05, 3.63) is 71.3 Å². The molecule has 122 valence electrons. The highest BCUT2D eigenvalue weighted by atomic mass is 16.5. The zero-order valence-corrected chi connectivity index (χ0v) is 13.8. The quantitative estimate of drug-likeness (QED) is 0.649. The molecular weight excluding hydrogens is 300 g/mol. The minimum absolute atomic E-state index is 0.0462. The van der Waals surface area contributed by atoms with Crippen molar-refractivity contribution in [2.75, 3.05) is 6.61 Å². The Labute approximate surface area is 142 Å². The summed E-state index contributed by atoms with van der Waals surface area (Å²) in [6.07, 6.45) is 1.55. The second-order valence-electron chi connectivity index (χ2n) is 5.25. The molecule has 0 spiro atoms. The van der Waals surface area contributed by atoms with E-state index in [-0.39, 0.29) is 11.6 Å². The first-order valence-electron chi connectivity index (χ1n) is 7.85. The fourth-order valence-electron chi connectivity index (χ4n) is 2.29. The summed E-state index contributed by atoms with van der Waals surface area (Å²) in [5.74, 6) is 0.247. The summed E-state index contributed by atoms with van der Waals surface area (Å²) >= 11 is 0. The Hall–Kier alpha value is -3.06. The van der Waals surface area contributed by atoms with Gasteiger partial charge in [-0.25, -0.2) is 0 Å². The lowest BCUT2D eigenvalue weighted by Crippen LogP contribution is -2.27. The van der Waals surface area contributed by atoms with Crippen molar-refractivity contribution in [1.82, 2.24) is 5.32 Å². The number of nitriles is 1. The van der Waals surface area contributed by atoms with Crippen LogP contribution in [0.2, 0.25) is 0 Å². The van der Waals surface area contributed by atoms with Gasteiger partial charge >= 0.3 is 0 Å². The minimum Gasteiger partial charge on any atom is -0.493 e. The van der Waals surface area contributed by atoms with E-state index in [0.717, 1.165) is 5.56 Å². The average Bonchev–Trinajstić information content (AvgIpc) is 2.61. The van der Waals surface area contributed by atoms with Crippen molar-refractivity contribution in [3.63, 3.8) is 0 Å². The fraction of sp³-hybridized carbons (Fsp3) is 0.200. The summed E-state index contributed by atoms with van der Waals surface area (Å²) in [6, 6.07) is 18.7. The first kappa shape index (κ1) is 17.3. The van der Waals surface area contributed by atoms with E-state index < -0.39 is 5.91 Å². The Kier molecular flexibility index (Phi) is 6.16. The molecule has 24 heavy (non-hydrogen) atoms. The number of benzene rings is 2. The summed E-state index contributed by atoms with van der Waals surface area (Å²) in [5, 5.41) is 12.2. The van der Waals surface area contributed by atoms with Crippen LogP contribution in [0.5, 0.6) is 5.75 Å². The van der Waals surface area contributed by atoms with Gasteiger partial charge in [-0.1, -0.05) is 48.5 Å². The third kappa shape index (κ3) is 4.47. The van der Waals surface area contributed by atoms with E-state index in [2.05, 4.69) is 5.32 Å². The van der Waals surface area contributed by atoms with Gasteiger partial charge in [0.15, 0.2) is 0 Å². The molecule has 4 heteroatoms. The summed E-state index contributed by atoms with van der Waals surface area (Å²) in [7, 11) is 0. The van der Waals surface area contributed by atoms with Crippen molar-refractivity contribution < 1.29 is 9.53 Å². The predicted octanol–water partition coefficient (Wildman–Crippen LogP) is 3.87. The van der Waals surface area contributed by atoms with Gasteiger partial charge in [-0.05, 0) is 31.6 Å². The average molecular weight is 320 g/mol. The third-order valence-electron chi connectivity index (χ3n) is 3.53. The van der Waals surface area contributed by atoms with E-state index in [1.807, 2.05) is 74.5 Å². The number of nitrogens with zero attached hydrogens (tertiary/aromatic N) is 1. The number of hydrogen-bond acceptors (Lipinski definition) is 3. The Morgan fingerprint density at radius 3 is 2.54 bits per heavy atom. The second-order valence-corrected chi connectivity index (χ2v) is 5.25. The number of hydrogen-bond donors (Lipinski definition) is 1. The van der Waals surface area contributed by atoms with Crippen molar-refractivity contribution in [2.45, 2.75) is 19.9 Å². The molecule has 0 bridgehead atoms. The van der Waals surface area contributed by atoms with Crippen LogP contribution >= 0.6 is 0 Å². The van der Waals surface area contributed by atoms with Crippen LogP contribution in [0.3, 0.4) is 0 Å². The smallest absolute Gasteiger partial charge is 0.262 e. The molecule has 1 amide bonds. The Morgan fingerprint density at radius 2 is 1.88 bits per heavy atom. The molecule has 0 aromatic heterocycles. The van der Waals surface area contributed by atoms with Crippen molar-refractivity contribution in [1.29, 1.82) is 5.26 Å². The summed E-state index contributed by atoms with van der Waals surface area (Å²) in [4.78, 5) is 12.4. The maximum absolute atomic E-state index is 12.4. The molecule has 2 rings (SSSR count). The maximum Gasteiger partial charge on any atom is 0.262 e. The van der Waals surface area contributed by atoms with E-state index in [9.17, 15) is 10.1 Å². The van der Waals surface area contributed by atoms with Gasteiger partial charge in [0.25, 0.3) is 5.91 Å². The van der Waals surface area contributed by atoms with E-state index in [1.54, 1.807) is 6.08 Å². The zero-order valence-electron chi connectivity index (χ0n) is 13.8.